The summed E-state index contributed by atoms with van der Waals surface area (Å²) in [5.41, 5.74) is 0.517. The topological polar surface area (TPSA) is 81.6 Å². The Morgan fingerprint density at radius 3 is 2.79 bits per heavy atom. The molecule has 5 nitrogen and oxygen atoms in total. The van der Waals surface area contributed by atoms with Crippen molar-refractivity contribution >= 4 is 6.03 Å². The summed E-state index contributed by atoms with van der Waals surface area (Å²) in [5, 5.41) is 23.9. The summed E-state index contributed by atoms with van der Waals surface area (Å²) in [6.45, 7) is 0.413. The molecule has 0 saturated carbocycles. The molecule has 4 N–H and O–H groups in total. The fraction of sp³-hybridized carbons (Fsp3) is 0.222. The second-order valence-corrected chi connectivity index (χ2v) is 3.15. The second-order valence-electron chi connectivity index (χ2n) is 3.15. The highest BCUT2D eigenvalue weighted by Crippen LogP contribution is 2.28. The highest BCUT2D eigenvalue weighted by Gasteiger charge is 2.24. The molecule has 1 heterocycles. The molecule has 5 heteroatoms. The lowest BCUT2D eigenvalue weighted by molar-refractivity contribution is 0.247. The molecule has 1 fully saturated rings. The zero-order valence-electron chi connectivity index (χ0n) is 7.32. The summed E-state index contributed by atoms with van der Waals surface area (Å²) in [5.74, 6) is 0.135. The van der Waals surface area contributed by atoms with Gasteiger partial charge in [-0.3, -0.25) is 0 Å². The van der Waals surface area contributed by atoms with E-state index in [0.717, 1.165) is 0 Å². The Bertz CT molecular complexity index is 378. The first-order valence-electron chi connectivity index (χ1n) is 4.23. The molecule has 14 heavy (non-hydrogen) atoms. The van der Waals surface area contributed by atoms with Crippen LogP contribution in [0.2, 0.25) is 0 Å². The third-order valence-corrected chi connectivity index (χ3v) is 2.16. The fourth-order valence-electron chi connectivity index (χ4n) is 1.46. The summed E-state index contributed by atoms with van der Waals surface area (Å²) in [6.07, 6.45) is 0. The average Bonchev–Trinajstić information content (AvgIpc) is 2.56. The third-order valence-electron chi connectivity index (χ3n) is 2.16. The molecular formula is C9H10N2O3. The van der Waals surface area contributed by atoms with E-state index in [1.54, 1.807) is 0 Å². The summed E-state index contributed by atoms with van der Waals surface area (Å²) in [4.78, 5) is 10.9. The van der Waals surface area contributed by atoms with E-state index >= 15 is 0 Å². The summed E-state index contributed by atoms with van der Waals surface area (Å²) >= 11 is 0. The molecule has 0 aliphatic carbocycles. The van der Waals surface area contributed by atoms with Crippen LogP contribution in [0.25, 0.3) is 0 Å². The molecule has 2 amide bonds. The molecule has 1 atom stereocenters. The van der Waals surface area contributed by atoms with Gasteiger partial charge in [0.15, 0.2) is 0 Å². The largest absolute Gasteiger partial charge is 0.508 e. The SMILES string of the molecule is O=C1NC[C@H](c2cc(O)ccc2O)N1. The van der Waals surface area contributed by atoms with Gasteiger partial charge in [-0.15, -0.1) is 0 Å². The van der Waals surface area contributed by atoms with Gasteiger partial charge in [0.05, 0.1) is 6.04 Å². The van der Waals surface area contributed by atoms with Crippen LogP contribution in [0.1, 0.15) is 11.6 Å². The number of phenols is 2. The van der Waals surface area contributed by atoms with Crippen molar-refractivity contribution in [1.29, 1.82) is 0 Å². The van der Waals surface area contributed by atoms with Crippen molar-refractivity contribution in [3.05, 3.63) is 23.8 Å². The molecule has 1 aromatic rings. The van der Waals surface area contributed by atoms with Gasteiger partial charge in [-0.05, 0) is 18.2 Å². The molecule has 2 rings (SSSR count). The number of amides is 2. The molecule has 0 spiro atoms. The van der Waals surface area contributed by atoms with E-state index < -0.39 is 0 Å². The van der Waals surface area contributed by atoms with Crippen molar-refractivity contribution < 1.29 is 15.0 Å². The Morgan fingerprint density at radius 2 is 2.14 bits per heavy atom. The van der Waals surface area contributed by atoms with E-state index in [0.29, 0.717) is 12.1 Å². The number of rotatable bonds is 1. The lowest BCUT2D eigenvalue weighted by Gasteiger charge is -2.10. The number of hydrogen-bond donors (Lipinski definition) is 4. The molecule has 0 unspecified atom stereocenters. The van der Waals surface area contributed by atoms with Crippen molar-refractivity contribution in [3.8, 4) is 11.5 Å². The molecule has 1 saturated heterocycles. The van der Waals surface area contributed by atoms with Crippen molar-refractivity contribution in [2.75, 3.05) is 6.54 Å². The van der Waals surface area contributed by atoms with Gasteiger partial charge in [0.1, 0.15) is 11.5 Å². The third kappa shape index (κ3) is 1.44. The first-order chi connectivity index (χ1) is 6.66. The van der Waals surface area contributed by atoms with Gasteiger partial charge in [0, 0.05) is 12.1 Å². The second kappa shape index (κ2) is 3.10. The normalized spacial score (nSPS) is 20.3. The van der Waals surface area contributed by atoms with Gasteiger partial charge in [-0.25, -0.2) is 4.79 Å². The van der Waals surface area contributed by atoms with E-state index in [2.05, 4.69) is 10.6 Å². The predicted octanol–water partition coefficient (Wildman–Crippen LogP) is 0.452. The van der Waals surface area contributed by atoms with Crippen LogP contribution < -0.4 is 10.6 Å². The molecule has 1 aromatic carbocycles. The smallest absolute Gasteiger partial charge is 0.315 e. The zero-order valence-corrected chi connectivity index (χ0v) is 7.32. The maximum Gasteiger partial charge on any atom is 0.315 e. The van der Waals surface area contributed by atoms with Gasteiger partial charge < -0.3 is 20.8 Å². The van der Waals surface area contributed by atoms with Gasteiger partial charge in [0.2, 0.25) is 0 Å². The Labute approximate surface area is 80.4 Å². The minimum atomic E-state index is -0.283. The standard InChI is InChI=1S/C9H10N2O3/c12-5-1-2-8(13)6(3-5)7-4-10-9(14)11-7/h1-3,7,12-13H,4H2,(H2,10,11,14)/t7-/m1/s1. The Hall–Kier alpha value is -1.91. The zero-order chi connectivity index (χ0) is 10.1. The first kappa shape index (κ1) is 8.68. The molecule has 74 valence electrons. The lowest BCUT2D eigenvalue weighted by Crippen LogP contribution is -2.21. The van der Waals surface area contributed by atoms with Gasteiger partial charge >= 0.3 is 6.03 Å². The van der Waals surface area contributed by atoms with Crippen LogP contribution in [0.4, 0.5) is 4.79 Å². The molecule has 1 aliphatic rings. The Balaban J connectivity index is 2.31. The number of nitrogens with one attached hydrogen (secondary N) is 2. The monoisotopic (exact) mass is 194 g/mol. The Morgan fingerprint density at radius 1 is 1.36 bits per heavy atom. The maximum atomic E-state index is 10.9. The molecule has 1 aliphatic heterocycles. The fourth-order valence-corrected chi connectivity index (χ4v) is 1.46. The van der Waals surface area contributed by atoms with Crippen LogP contribution in [0.3, 0.4) is 0 Å². The molecular weight excluding hydrogens is 184 g/mol. The number of phenolic OH excluding ortho intramolecular Hbond substituents is 2. The highest BCUT2D eigenvalue weighted by molar-refractivity contribution is 5.77. The highest BCUT2D eigenvalue weighted by atomic mass is 16.3. The predicted molar refractivity (Wildman–Crippen MR) is 49.0 cm³/mol. The van der Waals surface area contributed by atoms with Crippen LogP contribution in [0.15, 0.2) is 18.2 Å². The first-order valence-corrected chi connectivity index (χ1v) is 4.23. The summed E-state index contributed by atoms with van der Waals surface area (Å²) in [6, 6.07) is 3.68. The lowest BCUT2D eigenvalue weighted by atomic mass is 10.1. The molecule has 0 aromatic heterocycles. The number of aromatic hydroxyl groups is 2. The van der Waals surface area contributed by atoms with E-state index in [1.165, 1.54) is 18.2 Å². The van der Waals surface area contributed by atoms with E-state index in [9.17, 15) is 15.0 Å². The quantitative estimate of drug-likeness (QED) is 0.490. The Kier molecular flexibility index (Phi) is 1.92. The number of carbonyl (C=O) groups is 1. The van der Waals surface area contributed by atoms with Gasteiger partial charge in [-0.2, -0.15) is 0 Å². The van der Waals surface area contributed by atoms with Crippen LogP contribution in [0.5, 0.6) is 11.5 Å². The summed E-state index contributed by atoms with van der Waals surface area (Å²) < 4.78 is 0. The minimum Gasteiger partial charge on any atom is -0.508 e. The van der Waals surface area contributed by atoms with Crippen LogP contribution in [0, 0.1) is 0 Å². The number of urea groups is 1. The van der Waals surface area contributed by atoms with Crippen molar-refractivity contribution in [2.45, 2.75) is 6.04 Å². The molecule has 0 radical (unpaired) electrons. The average molecular weight is 194 g/mol. The van der Waals surface area contributed by atoms with Crippen molar-refractivity contribution in [1.82, 2.24) is 10.6 Å². The van der Waals surface area contributed by atoms with Crippen molar-refractivity contribution in [3.63, 3.8) is 0 Å². The van der Waals surface area contributed by atoms with E-state index in [-0.39, 0.29) is 23.6 Å². The van der Waals surface area contributed by atoms with Crippen LogP contribution in [-0.2, 0) is 0 Å². The van der Waals surface area contributed by atoms with Crippen LogP contribution >= 0.6 is 0 Å². The number of hydrogen-bond acceptors (Lipinski definition) is 3. The van der Waals surface area contributed by atoms with Crippen LogP contribution in [-0.4, -0.2) is 22.8 Å². The maximum absolute atomic E-state index is 10.9. The van der Waals surface area contributed by atoms with Crippen molar-refractivity contribution in [2.24, 2.45) is 0 Å². The van der Waals surface area contributed by atoms with E-state index in [1.807, 2.05) is 0 Å². The van der Waals surface area contributed by atoms with Gasteiger partial charge in [-0.1, -0.05) is 0 Å². The number of carbonyl (C=O) groups excluding carboxylic acids is 1. The molecule has 0 bridgehead atoms. The van der Waals surface area contributed by atoms with Gasteiger partial charge in [0.25, 0.3) is 0 Å². The number of benzene rings is 1. The van der Waals surface area contributed by atoms with E-state index in [4.69, 9.17) is 0 Å². The summed E-state index contributed by atoms with van der Waals surface area (Å²) in [7, 11) is 0. The minimum absolute atomic E-state index is 0.0665.